The third-order valence-corrected chi connectivity index (χ3v) is 3.58. The molecule has 0 saturated carbocycles. The smallest absolute Gasteiger partial charge is 0.285 e. The number of hydrogen-bond donors (Lipinski definition) is 1. The van der Waals surface area contributed by atoms with E-state index >= 15 is 0 Å². The van der Waals surface area contributed by atoms with Crippen LogP contribution in [0.15, 0.2) is 22.7 Å². The van der Waals surface area contributed by atoms with Crippen LogP contribution in [0.2, 0.25) is 0 Å². The van der Waals surface area contributed by atoms with Crippen LogP contribution < -0.4 is 5.32 Å². The number of ether oxygens (including phenoxy) is 1. The van der Waals surface area contributed by atoms with Gasteiger partial charge in [-0.15, -0.1) is 0 Å². The average molecular weight is 331 g/mol. The highest BCUT2D eigenvalue weighted by Crippen LogP contribution is 2.28. The molecule has 5 nitrogen and oxygen atoms in total. The van der Waals surface area contributed by atoms with Crippen LogP contribution in [0.3, 0.4) is 0 Å². The van der Waals surface area contributed by atoms with Crippen LogP contribution in [0.1, 0.15) is 27.2 Å². The molecule has 1 rings (SSSR count). The quantitative estimate of drug-likeness (QED) is 0.633. The molecule has 0 heterocycles. The molecule has 0 saturated heterocycles. The number of methoxy groups -OCH3 is 1. The Morgan fingerprint density at radius 3 is 2.68 bits per heavy atom. The lowest BCUT2D eigenvalue weighted by atomic mass is 9.99. The minimum atomic E-state index is -0.404. The predicted octanol–water partition coefficient (Wildman–Crippen LogP) is 3.97. The highest BCUT2D eigenvalue weighted by atomic mass is 79.9. The van der Waals surface area contributed by atoms with Gasteiger partial charge in [0.05, 0.1) is 15.0 Å². The largest absolute Gasteiger partial charge is 0.382 e. The minimum absolute atomic E-state index is 0.0585. The van der Waals surface area contributed by atoms with Crippen LogP contribution in [-0.4, -0.2) is 23.7 Å². The molecular formula is C13H19BrN2O3. The normalized spacial score (nSPS) is 13.1. The number of hydrogen-bond acceptors (Lipinski definition) is 4. The number of halogens is 1. The molecule has 1 atom stereocenters. The van der Waals surface area contributed by atoms with E-state index in [-0.39, 0.29) is 17.3 Å². The molecule has 1 aromatic carbocycles. The van der Waals surface area contributed by atoms with E-state index in [9.17, 15) is 10.1 Å². The number of benzene rings is 1. The van der Waals surface area contributed by atoms with Gasteiger partial charge in [-0.2, -0.15) is 0 Å². The first-order valence-corrected chi connectivity index (χ1v) is 6.80. The van der Waals surface area contributed by atoms with Crippen LogP contribution in [0.4, 0.5) is 11.4 Å². The van der Waals surface area contributed by atoms with Crippen molar-refractivity contribution in [2.75, 3.05) is 12.4 Å². The van der Waals surface area contributed by atoms with E-state index in [0.717, 1.165) is 12.1 Å². The SMILES string of the molecule is COC(C)(C)CC(C)Nc1ccc(Br)c([N+](=O)[O-])c1. The van der Waals surface area contributed by atoms with E-state index in [1.54, 1.807) is 13.2 Å². The monoisotopic (exact) mass is 330 g/mol. The molecule has 0 amide bonds. The molecule has 0 spiro atoms. The van der Waals surface area contributed by atoms with Gasteiger partial charge in [0.25, 0.3) is 5.69 Å². The second kappa shape index (κ2) is 6.34. The number of nitrogens with zero attached hydrogens (tertiary/aromatic N) is 1. The maximum absolute atomic E-state index is 10.9. The van der Waals surface area contributed by atoms with Gasteiger partial charge in [-0.1, -0.05) is 0 Å². The predicted molar refractivity (Wildman–Crippen MR) is 79.6 cm³/mol. The lowest BCUT2D eigenvalue weighted by molar-refractivity contribution is -0.385. The number of nitrogens with one attached hydrogen (secondary N) is 1. The summed E-state index contributed by atoms with van der Waals surface area (Å²) < 4.78 is 5.85. The third kappa shape index (κ3) is 4.80. The standard InChI is InChI=1S/C13H19BrN2O3/c1-9(8-13(2,3)19-4)15-10-5-6-11(14)12(7-10)16(17)18/h5-7,9,15H,8H2,1-4H3. The molecular weight excluding hydrogens is 312 g/mol. The van der Waals surface area contributed by atoms with Gasteiger partial charge >= 0.3 is 0 Å². The van der Waals surface area contributed by atoms with Gasteiger partial charge in [0.2, 0.25) is 0 Å². The van der Waals surface area contributed by atoms with Gasteiger partial charge in [-0.05, 0) is 55.3 Å². The first-order valence-electron chi connectivity index (χ1n) is 6.01. The van der Waals surface area contributed by atoms with Gasteiger partial charge in [0, 0.05) is 24.9 Å². The Balaban J connectivity index is 2.77. The summed E-state index contributed by atoms with van der Waals surface area (Å²) in [7, 11) is 1.68. The average Bonchev–Trinajstić information content (AvgIpc) is 2.30. The molecule has 0 aliphatic carbocycles. The van der Waals surface area contributed by atoms with E-state index in [2.05, 4.69) is 21.2 Å². The zero-order valence-corrected chi connectivity index (χ0v) is 13.2. The Labute approximate surface area is 121 Å². The Morgan fingerprint density at radius 2 is 2.16 bits per heavy atom. The van der Waals surface area contributed by atoms with Crippen LogP contribution in [0.5, 0.6) is 0 Å². The highest BCUT2D eigenvalue weighted by Gasteiger charge is 2.20. The molecule has 0 aliphatic heterocycles. The van der Waals surface area contributed by atoms with E-state index in [0.29, 0.717) is 4.47 Å². The van der Waals surface area contributed by atoms with Crippen LogP contribution in [0.25, 0.3) is 0 Å². The number of nitro groups is 1. The van der Waals surface area contributed by atoms with Crippen LogP contribution in [-0.2, 0) is 4.74 Å². The Morgan fingerprint density at radius 1 is 1.53 bits per heavy atom. The number of rotatable bonds is 6. The first-order chi connectivity index (χ1) is 8.75. The van der Waals surface area contributed by atoms with Crippen molar-refractivity contribution >= 4 is 27.3 Å². The molecule has 19 heavy (non-hydrogen) atoms. The summed E-state index contributed by atoms with van der Waals surface area (Å²) >= 11 is 3.17. The lowest BCUT2D eigenvalue weighted by Gasteiger charge is -2.27. The molecule has 0 bridgehead atoms. The first kappa shape index (κ1) is 15.9. The van der Waals surface area contributed by atoms with Gasteiger partial charge in [0.1, 0.15) is 0 Å². The fourth-order valence-electron chi connectivity index (χ4n) is 1.90. The second-order valence-corrected chi connectivity index (χ2v) is 5.99. The van der Waals surface area contributed by atoms with Crippen LogP contribution in [0, 0.1) is 10.1 Å². The lowest BCUT2D eigenvalue weighted by Crippen LogP contribution is -2.31. The molecule has 0 aromatic heterocycles. The molecule has 1 unspecified atom stereocenters. The molecule has 1 aromatic rings. The van der Waals surface area contributed by atoms with Crippen molar-refractivity contribution in [3.05, 3.63) is 32.8 Å². The van der Waals surface area contributed by atoms with E-state index in [1.807, 2.05) is 26.8 Å². The maximum Gasteiger partial charge on any atom is 0.285 e. The molecule has 0 aliphatic rings. The van der Waals surface area contributed by atoms with Crippen LogP contribution >= 0.6 is 15.9 Å². The summed E-state index contributed by atoms with van der Waals surface area (Å²) in [6.07, 6.45) is 0.799. The Bertz CT molecular complexity index is 463. The number of nitro benzene ring substituents is 1. The fourth-order valence-corrected chi connectivity index (χ4v) is 2.29. The molecule has 0 radical (unpaired) electrons. The second-order valence-electron chi connectivity index (χ2n) is 5.14. The van der Waals surface area contributed by atoms with Gasteiger partial charge in [0.15, 0.2) is 0 Å². The summed E-state index contributed by atoms with van der Waals surface area (Å²) in [5.41, 5.74) is 0.561. The fraction of sp³-hybridized carbons (Fsp3) is 0.538. The zero-order chi connectivity index (χ0) is 14.6. The Kier molecular flexibility index (Phi) is 5.31. The van der Waals surface area contributed by atoms with E-state index < -0.39 is 4.92 Å². The zero-order valence-electron chi connectivity index (χ0n) is 11.6. The summed E-state index contributed by atoms with van der Waals surface area (Å²) in [6, 6.07) is 5.17. The van der Waals surface area contributed by atoms with Gasteiger partial charge in [-0.3, -0.25) is 10.1 Å². The van der Waals surface area contributed by atoms with E-state index in [1.165, 1.54) is 6.07 Å². The summed E-state index contributed by atoms with van der Waals surface area (Å²) in [5, 5.41) is 14.1. The van der Waals surface area contributed by atoms with Crippen molar-refractivity contribution in [2.45, 2.75) is 38.8 Å². The van der Waals surface area contributed by atoms with Crippen molar-refractivity contribution in [1.82, 2.24) is 0 Å². The van der Waals surface area contributed by atoms with Gasteiger partial charge in [-0.25, -0.2) is 0 Å². The molecule has 0 fully saturated rings. The maximum atomic E-state index is 10.9. The Hall–Kier alpha value is -1.14. The molecule has 6 heteroatoms. The van der Waals surface area contributed by atoms with Crippen molar-refractivity contribution in [3.63, 3.8) is 0 Å². The highest BCUT2D eigenvalue weighted by molar-refractivity contribution is 9.10. The van der Waals surface area contributed by atoms with Crippen molar-refractivity contribution in [3.8, 4) is 0 Å². The summed E-state index contributed by atoms with van der Waals surface area (Å²) in [5.74, 6) is 0. The third-order valence-electron chi connectivity index (χ3n) is 2.91. The van der Waals surface area contributed by atoms with Crippen molar-refractivity contribution in [1.29, 1.82) is 0 Å². The van der Waals surface area contributed by atoms with Gasteiger partial charge < -0.3 is 10.1 Å². The van der Waals surface area contributed by atoms with Crippen molar-refractivity contribution < 1.29 is 9.66 Å². The van der Waals surface area contributed by atoms with E-state index in [4.69, 9.17) is 4.74 Å². The minimum Gasteiger partial charge on any atom is -0.382 e. The summed E-state index contributed by atoms with van der Waals surface area (Å²) in [6.45, 7) is 6.04. The number of anilines is 1. The molecule has 1 N–H and O–H groups in total. The topological polar surface area (TPSA) is 64.4 Å². The molecule has 106 valence electrons. The summed E-state index contributed by atoms with van der Waals surface area (Å²) in [4.78, 5) is 10.5. The van der Waals surface area contributed by atoms with Crippen molar-refractivity contribution in [2.24, 2.45) is 0 Å².